The van der Waals surface area contributed by atoms with E-state index in [0.717, 1.165) is 0 Å². The monoisotopic (exact) mass is 518 g/mol. The molecule has 0 aromatic carbocycles. The van der Waals surface area contributed by atoms with Gasteiger partial charge in [-0.15, -0.1) is 0 Å². The smallest absolute Gasteiger partial charge is 0.410 e. The number of nitrogens with zero attached hydrogens (tertiary/aromatic N) is 2. The Balaban J connectivity index is 0.000000360. The maximum Gasteiger partial charge on any atom is 0.410 e. The van der Waals surface area contributed by atoms with Crippen LogP contribution in [0.25, 0.3) is 0 Å². The van der Waals surface area contributed by atoms with Crippen molar-refractivity contribution >= 4 is 24.1 Å². The minimum absolute atomic E-state index is 0.183. The van der Waals surface area contributed by atoms with E-state index in [4.69, 9.17) is 9.47 Å². The molecule has 2 N–H and O–H groups in total. The van der Waals surface area contributed by atoms with Gasteiger partial charge in [-0.05, 0) is 54.4 Å². The highest BCUT2D eigenvalue weighted by molar-refractivity contribution is 5.75. The summed E-state index contributed by atoms with van der Waals surface area (Å²) >= 11 is 0. The Morgan fingerprint density at radius 2 is 0.944 bits per heavy atom. The number of carbonyl (C=O) groups excluding carboxylic acids is 4. The molecule has 0 aromatic heterocycles. The average Bonchev–Trinajstić information content (AvgIpc) is 2.75. The average molecular weight is 519 g/mol. The molecule has 0 spiro atoms. The number of ether oxygens (including phenoxy) is 4. The van der Waals surface area contributed by atoms with Crippen LogP contribution in [0.15, 0.2) is 0 Å². The largest absolute Gasteiger partial charge is 0.469 e. The minimum Gasteiger partial charge on any atom is -0.469 e. The summed E-state index contributed by atoms with van der Waals surface area (Å²) in [6.07, 6.45) is -1.87. The molecule has 0 saturated carbocycles. The molecule has 0 aromatic rings. The quantitative estimate of drug-likeness (QED) is 0.407. The maximum absolute atomic E-state index is 11.9. The molecule has 2 heterocycles. The number of carbonyl (C=O) groups is 4. The lowest BCUT2D eigenvalue weighted by atomic mass is 9.96. The number of esters is 2. The van der Waals surface area contributed by atoms with Gasteiger partial charge in [0, 0.05) is 26.2 Å². The number of likely N-dealkylation sites (tertiary alicyclic amines) is 2. The second kappa shape index (κ2) is 13.1. The van der Waals surface area contributed by atoms with Crippen LogP contribution >= 0.6 is 0 Å². The zero-order valence-electron chi connectivity index (χ0n) is 22.6. The molecule has 4 atom stereocenters. The van der Waals surface area contributed by atoms with Crippen molar-refractivity contribution < 1.29 is 48.3 Å². The second-order valence-electron chi connectivity index (χ2n) is 11.0. The van der Waals surface area contributed by atoms with Gasteiger partial charge in [-0.2, -0.15) is 0 Å². The number of aliphatic hydroxyl groups is 2. The predicted octanol–water partition coefficient (Wildman–Crippen LogP) is 1.55. The molecular weight excluding hydrogens is 476 g/mol. The highest BCUT2D eigenvalue weighted by Crippen LogP contribution is 2.22. The second-order valence-corrected chi connectivity index (χ2v) is 11.0. The summed E-state index contributed by atoms with van der Waals surface area (Å²) in [6.45, 7) is 11.4. The molecule has 2 rings (SSSR count). The molecule has 0 aliphatic carbocycles. The van der Waals surface area contributed by atoms with Crippen LogP contribution in [0.4, 0.5) is 9.59 Å². The van der Waals surface area contributed by atoms with Crippen molar-refractivity contribution in [2.24, 2.45) is 11.8 Å². The van der Waals surface area contributed by atoms with Crippen molar-refractivity contribution in [3.05, 3.63) is 0 Å². The molecule has 2 amide bonds. The van der Waals surface area contributed by atoms with Gasteiger partial charge in [0.05, 0.1) is 38.3 Å². The van der Waals surface area contributed by atoms with Crippen molar-refractivity contribution in [3.8, 4) is 0 Å². The highest BCUT2D eigenvalue weighted by atomic mass is 16.6. The van der Waals surface area contributed by atoms with Crippen molar-refractivity contribution in [3.63, 3.8) is 0 Å². The molecule has 12 heteroatoms. The molecule has 0 radical (unpaired) electrons. The minimum atomic E-state index is -0.727. The molecule has 2 saturated heterocycles. The summed E-state index contributed by atoms with van der Waals surface area (Å²) < 4.78 is 19.7. The normalized spacial score (nSPS) is 24.6. The number of methoxy groups -OCH3 is 2. The van der Waals surface area contributed by atoms with Crippen molar-refractivity contribution in [1.29, 1.82) is 0 Å². The first kappa shape index (κ1) is 31.4. The lowest BCUT2D eigenvalue weighted by molar-refractivity contribution is -0.149. The summed E-state index contributed by atoms with van der Waals surface area (Å²) in [5.74, 6) is -1.82. The van der Waals surface area contributed by atoms with Crippen LogP contribution in [0.2, 0.25) is 0 Å². The Labute approximate surface area is 212 Å². The third-order valence-electron chi connectivity index (χ3n) is 5.23. The van der Waals surface area contributed by atoms with Crippen molar-refractivity contribution in [2.45, 2.75) is 77.8 Å². The first-order chi connectivity index (χ1) is 16.5. The predicted molar refractivity (Wildman–Crippen MR) is 128 cm³/mol. The zero-order valence-corrected chi connectivity index (χ0v) is 22.6. The summed E-state index contributed by atoms with van der Waals surface area (Å²) in [6, 6.07) is 0. The van der Waals surface area contributed by atoms with Crippen LogP contribution < -0.4 is 0 Å². The fourth-order valence-corrected chi connectivity index (χ4v) is 3.77. The van der Waals surface area contributed by atoms with Gasteiger partial charge < -0.3 is 39.0 Å². The molecule has 2 aliphatic rings. The van der Waals surface area contributed by atoms with E-state index in [1.54, 1.807) is 41.5 Å². The Morgan fingerprint density at radius 1 is 0.639 bits per heavy atom. The van der Waals surface area contributed by atoms with Gasteiger partial charge in [-0.1, -0.05) is 0 Å². The van der Waals surface area contributed by atoms with Gasteiger partial charge in [0.1, 0.15) is 11.2 Å². The molecule has 12 nitrogen and oxygen atoms in total. The van der Waals surface area contributed by atoms with Crippen molar-refractivity contribution in [2.75, 3.05) is 40.4 Å². The summed E-state index contributed by atoms with van der Waals surface area (Å²) in [5.41, 5.74) is -1.19. The number of rotatable bonds is 2. The summed E-state index contributed by atoms with van der Waals surface area (Å²) in [5, 5.41) is 19.4. The van der Waals surface area contributed by atoms with Gasteiger partial charge in [0.15, 0.2) is 0 Å². The van der Waals surface area contributed by atoms with Crippen LogP contribution in [0, 0.1) is 11.8 Å². The zero-order chi connectivity index (χ0) is 27.8. The van der Waals surface area contributed by atoms with E-state index >= 15 is 0 Å². The van der Waals surface area contributed by atoms with Crippen LogP contribution in [-0.2, 0) is 28.5 Å². The first-order valence-corrected chi connectivity index (χ1v) is 11.9. The molecular formula is C24H42N2O10. The van der Waals surface area contributed by atoms with Crippen LogP contribution in [0.3, 0.4) is 0 Å². The summed E-state index contributed by atoms with van der Waals surface area (Å²) in [7, 11) is 2.59. The van der Waals surface area contributed by atoms with Gasteiger partial charge in [0.25, 0.3) is 0 Å². The maximum atomic E-state index is 11.9. The highest BCUT2D eigenvalue weighted by Gasteiger charge is 2.36. The number of β-amino-alcohol motifs (C(OH)–C–C–N with tert-alkyl or cyclic N) is 2. The number of piperidine rings is 2. The van der Waals surface area contributed by atoms with E-state index in [-0.39, 0.29) is 26.2 Å². The van der Waals surface area contributed by atoms with Gasteiger partial charge in [0.2, 0.25) is 0 Å². The van der Waals surface area contributed by atoms with E-state index in [1.807, 2.05) is 0 Å². The van der Waals surface area contributed by atoms with Crippen molar-refractivity contribution in [1.82, 2.24) is 9.80 Å². The molecule has 36 heavy (non-hydrogen) atoms. The van der Waals surface area contributed by atoms with E-state index in [1.165, 1.54) is 24.0 Å². The lowest BCUT2D eigenvalue weighted by Gasteiger charge is -2.35. The first-order valence-electron chi connectivity index (χ1n) is 11.9. The molecule has 208 valence electrons. The van der Waals surface area contributed by atoms with Crippen LogP contribution in [0.5, 0.6) is 0 Å². The van der Waals surface area contributed by atoms with E-state index in [0.29, 0.717) is 12.8 Å². The van der Waals surface area contributed by atoms with Gasteiger partial charge in [-0.3, -0.25) is 9.59 Å². The Hall–Kier alpha value is -2.60. The van der Waals surface area contributed by atoms with Crippen LogP contribution in [0.1, 0.15) is 54.4 Å². The molecule has 0 unspecified atom stereocenters. The lowest BCUT2D eigenvalue weighted by Crippen LogP contribution is -2.49. The third-order valence-corrected chi connectivity index (χ3v) is 5.23. The Kier molecular flexibility index (Phi) is 11.4. The molecule has 2 fully saturated rings. The fraction of sp³-hybridized carbons (Fsp3) is 0.833. The van der Waals surface area contributed by atoms with E-state index < -0.39 is 59.4 Å². The molecule has 2 aliphatic heterocycles. The van der Waals surface area contributed by atoms with E-state index in [2.05, 4.69) is 9.47 Å². The standard InChI is InChI=1S/2C12H21NO5/c2*1-12(2,3)18-11(16)13-6-8(10(15)17-4)5-9(14)7-13/h2*8-9,14H,5-7H2,1-4H3/t2*8-,9-/m10/s1. The molecule has 0 bridgehead atoms. The topological polar surface area (TPSA) is 152 Å². The fourth-order valence-electron chi connectivity index (χ4n) is 3.77. The number of aliphatic hydroxyl groups excluding tert-OH is 2. The Morgan fingerprint density at radius 3 is 1.19 bits per heavy atom. The van der Waals surface area contributed by atoms with Crippen LogP contribution in [-0.4, -0.2) is 108 Å². The van der Waals surface area contributed by atoms with Gasteiger partial charge >= 0.3 is 24.1 Å². The number of amides is 2. The number of hydrogen-bond donors (Lipinski definition) is 2. The van der Waals surface area contributed by atoms with Gasteiger partial charge in [-0.25, -0.2) is 9.59 Å². The van der Waals surface area contributed by atoms with E-state index in [9.17, 15) is 29.4 Å². The summed E-state index contributed by atoms with van der Waals surface area (Å²) in [4.78, 5) is 49.3. The number of hydrogen-bond acceptors (Lipinski definition) is 10. The SMILES string of the molecule is COC(=O)[C@@H]1C[C@@H](O)CN(C(=O)OC(C)(C)C)C1.COC(=O)[C@H]1C[C@H](O)CN(C(=O)OC(C)(C)C)C1. The third kappa shape index (κ3) is 11.0. The Bertz CT molecular complexity index is 710.